The first-order valence-corrected chi connectivity index (χ1v) is 0. The van der Waals surface area contributed by atoms with E-state index >= 15 is 0 Å². The quantitative estimate of drug-likeness (QED) is 0.587. The van der Waals surface area contributed by atoms with E-state index < -0.39 is 0 Å². The average Bonchev–Trinajstić information content (AvgIpc) is 0. The SMILES string of the molecule is Cl.Cl.Cl.Cl.[Sm].[Ti]. The fourth-order valence-electron chi connectivity index (χ4n) is 0. The van der Waals surface area contributed by atoms with Crippen molar-refractivity contribution in [3.05, 3.63) is 0 Å². The van der Waals surface area contributed by atoms with E-state index in [0.717, 1.165) is 0 Å². The van der Waals surface area contributed by atoms with Gasteiger partial charge in [0, 0.05) is 62.1 Å². The maximum Gasteiger partial charge on any atom is 0 e. The minimum atomic E-state index is 0. The van der Waals surface area contributed by atoms with Crippen LogP contribution in [0.1, 0.15) is 0 Å². The van der Waals surface area contributed by atoms with Crippen LogP contribution >= 0.6 is 49.6 Å². The third-order valence-electron chi connectivity index (χ3n) is 0. The molecule has 0 nitrogen and oxygen atoms in total. The summed E-state index contributed by atoms with van der Waals surface area (Å²) in [4.78, 5) is 0. The van der Waals surface area contributed by atoms with E-state index in [0.29, 0.717) is 0 Å². The topological polar surface area (TPSA) is 0 Å². The summed E-state index contributed by atoms with van der Waals surface area (Å²) in [6.45, 7) is 0. The van der Waals surface area contributed by atoms with Crippen molar-refractivity contribution >= 4 is 49.6 Å². The summed E-state index contributed by atoms with van der Waals surface area (Å²) >= 11 is 0. The van der Waals surface area contributed by atoms with E-state index in [1.807, 2.05) is 0 Å². The predicted octanol–water partition coefficient (Wildman–Crippen LogP) is 1.68. The zero-order valence-corrected chi connectivity index (χ0v) is 9.99. The zero-order valence-electron chi connectivity index (χ0n) is 2.54. The molecule has 0 N–H and O–H groups in total. The van der Waals surface area contributed by atoms with Gasteiger partial charge in [0.25, 0.3) is 0 Å². The Hall–Kier alpha value is 3.21. The molecule has 42 valence electrons. The van der Waals surface area contributed by atoms with Crippen LogP contribution in [0.15, 0.2) is 0 Å². The first-order chi connectivity index (χ1) is 0. The fourth-order valence-corrected chi connectivity index (χ4v) is 0. The summed E-state index contributed by atoms with van der Waals surface area (Å²) in [7, 11) is 0. The van der Waals surface area contributed by atoms with Crippen LogP contribution in [-0.4, -0.2) is 0 Å². The summed E-state index contributed by atoms with van der Waals surface area (Å²) in [6, 6.07) is 0. The second-order valence-electron chi connectivity index (χ2n) is 0. The minimum Gasteiger partial charge on any atom is -0.147 e. The Morgan fingerprint density at radius 2 is 0.500 bits per heavy atom. The normalized spacial score (nSPS) is 0. The Kier molecular flexibility index (Phi) is 415. The van der Waals surface area contributed by atoms with Crippen LogP contribution in [-0.2, 0) is 21.7 Å². The molecule has 0 aliphatic rings. The van der Waals surface area contributed by atoms with Crippen molar-refractivity contribution in [2.45, 2.75) is 0 Å². The molecule has 0 amide bonds. The maximum atomic E-state index is 0. The molecule has 0 saturated carbocycles. The first-order valence-electron chi connectivity index (χ1n) is 0. The van der Waals surface area contributed by atoms with E-state index in [-0.39, 0.29) is 112 Å². The largest absolute Gasteiger partial charge is 0.147 e. The molecule has 0 bridgehead atoms. The Morgan fingerprint density at radius 3 is 0.500 bits per heavy atom. The van der Waals surface area contributed by atoms with Crippen LogP contribution in [0.25, 0.3) is 0 Å². The Morgan fingerprint density at radius 1 is 0.500 bits per heavy atom. The van der Waals surface area contributed by atoms with Crippen LogP contribution in [0.2, 0.25) is 0 Å². The zero-order chi connectivity index (χ0) is 0. The van der Waals surface area contributed by atoms with Crippen molar-refractivity contribution in [3.63, 3.8) is 0 Å². The molecule has 0 spiro atoms. The minimum absolute atomic E-state index is 0. The van der Waals surface area contributed by atoms with E-state index in [2.05, 4.69) is 0 Å². The van der Waals surface area contributed by atoms with Crippen LogP contribution in [0.5, 0.6) is 0 Å². The molecule has 0 aromatic rings. The molecular weight excluding hydrogens is 340 g/mol. The summed E-state index contributed by atoms with van der Waals surface area (Å²) < 4.78 is 0. The van der Waals surface area contributed by atoms with Gasteiger partial charge in [-0.3, -0.25) is 0 Å². The van der Waals surface area contributed by atoms with Gasteiger partial charge in [-0.25, -0.2) is 0 Å². The Bertz CT molecular complexity index is 7.51. The summed E-state index contributed by atoms with van der Waals surface area (Å²) in [5.74, 6) is 0. The standard InChI is InChI=1S/4ClH.Sm.Ti/h4*1H;;. The van der Waals surface area contributed by atoms with Gasteiger partial charge in [0.2, 0.25) is 0 Å². The van der Waals surface area contributed by atoms with Crippen molar-refractivity contribution < 1.29 is 62.1 Å². The van der Waals surface area contributed by atoms with Crippen molar-refractivity contribution in [3.8, 4) is 0 Å². The Labute approximate surface area is 110 Å². The van der Waals surface area contributed by atoms with E-state index in [1.165, 1.54) is 0 Å². The summed E-state index contributed by atoms with van der Waals surface area (Å²) in [5.41, 5.74) is 0. The van der Waals surface area contributed by atoms with Crippen LogP contribution in [0, 0.1) is 40.4 Å². The van der Waals surface area contributed by atoms with Gasteiger partial charge in [-0.1, -0.05) is 0 Å². The predicted molar refractivity (Wildman–Crippen MR) is 29.0 cm³/mol. The second kappa shape index (κ2) is 41.4. The van der Waals surface area contributed by atoms with Gasteiger partial charge in [0.1, 0.15) is 0 Å². The van der Waals surface area contributed by atoms with E-state index in [9.17, 15) is 0 Å². The van der Waals surface area contributed by atoms with Gasteiger partial charge < -0.3 is 0 Å². The molecule has 0 aliphatic heterocycles. The fraction of sp³-hybridized carbons (Fsp3) is 0. The van der Waals surface area contributed by atoms with Gasteiger partial charge in [-0.05, 0) is 0 Å². The summed E-state index contributed by atoms with van der Waals surface area (Å²) in [6.07, 6.45) is 0. The molecule has 0 atom stereocenters. The third kappa shape index (κ3) is 27.0. The molecule has 0 radical (unpaired) electrons. The number of hydrogen-bond acceptors (Lipinski definition) is 0. The molecule has 0 rings (SSSR count). The van der Waals surface area contributed by atoms with Crippen molar-refractivity contribution in [1.82, 2.24) is 0 Å². The van der Waals surface area contributed by atoms with Crippen LogP contribution in [0.3, 0.4) is 0 Å². The molecular formula is H4Cl4SmTi. The van der Waals surface area contributed by atoms with Crippen LogP contribution < -0.4 is 0 Å². The molecule has 0 aliphatic carbocycles. The van der Waals surface area contributed by atoms with Gasteiger partial charge in [0.15, 0.2) is 0 Å². The second-order valence-corrected chi connectivity index (χ2v) is 0. The number of hydrogen-bond donors (Lipinski definition) is 0. The molecule has 0 heterocycles. The molecule has 6 heavy (non-hydrogen) atoms. The average molecular weight is 344 g/mol. The summed E-state index contributed by atoms with van der Waals surface area (Å²) in [5, 5.41) is 0. The third-order valence-corrected chi connectivity index (χ3v) is 0. The molecule has 6 heteroatoms. The molecule has 0 aromatic carbocycles. The molecule has 0 aromatic heterocycles. The number of halogens is 4. The van der Waals surface area contributed by atoms with E-state index in [1.54, 1.807) is 0 Å². The molecule has 0 unspecified atom stereocenters. The monoisotopic (exact) mass is 344 g/mol. The van der Waals surface area contributed by atoms with Crippen molar-refractivity contribution in [2.75, 3.05) is 0 Å². The molecule has 0 fully saturated rings. The first kappa shape index (κ1) is 60.2. The smallest absolute Gasteiger partial charge is 0 e. The van der Waals surface area contributed by atoms with Gasteiger partial charge >= 0.3 is 0 Å². The van der Waals surface area contributed by atoms with E-state index in [4.69, 9.17) is 0 Å². The molecule has 0 saturated heterocycles. The van der Waals surface area contributed by atoms with Gasteiger partial charge in [-0.2, -0.15) is 0 Å². The number of rotatable bonds is 0. The Balaban J connectivity index is 0. The van der Waals surface area contributed by atoms with Crippen molar-refractivity contribution in [1.29, 1.82) is 0 Å². The van der Waals surface area contributed by atoms with Crippen molar-refractivity contribution in [2.24, 2.45) is 0 Å². The van der Waals surface area contributed by atoms with Gasteiger partial charge in [-0.15, -0.1) is 49.6 Å². The maximum absolute atomic E-state index is 0. The van der Waals surface area contributed by atoms with Gasteiger partial charge in [0.05, 0.1) is 0 Å². The van der Waals surface area contributed by atoms with Crippen LogP contribution in [0.4, 0.5) is 0 Å².